The molecule has 26 heavy (non-hydrogen) atoms. The summed E-state index contributed by atoms with van der Waals surface area (Å²) in [5.41, 5.74) is 0.837. The van der Waals surface area contributed by atoms with Crippen molar-refractivity contribution in [3.05, 3.63) is 46.5 Å². The summed E-state index contributed by atoms with van der Waals surface area (Å²) in [6, 6.07) is 5.75. The molecule has 0 bridgehead atoms. The number of carbonyl (C=O) groups is 2. The molecule has 0 unspecified atom stereocenters. The number of carbonyl (C=O) groups excluding carboxylic acids is 2. The van der Waals surface area contributed by atoms with E-state index >= 15 is 0 Å². The highest BCUT2D eigenvalue weighted by molar-refractivity contribution is 6.01. The first-order valence-corrected chi connectivity index (χ1v) is 7.89. The highest BCUT2D eigenvalue weighted by Crippen LogP contribution is 2.39. The molecule has 0 saturated heterocycles. The molecule has 136 valence electrons. The highest BCUT2D eigenvalue weighted by Gasteiger charge is 2.37. The molecule has 2 aromatic rings. The maximum absolute atomic E-state index is 12.5. The van der Waals surface area contributed by atoms with Gasteiger partial charge in [0.05, 0.1) is 0 Å². The van der Waals surface area contributed by atoms with Gasteiger partial charge in [-0.2, -0.15) is 0 Å². The van der Waals surface area contributed by atoms with Crippen LogP contribution in [0.1, 0.15) is 45.7 Å². The fourth-order valence-corrected chi connectivity index (χ4v) is 2.75. The lowest BCUT2D eigenvalue weighted by Gasteiger charge is -2.32. The van der Waals surface area contributed by atoms with Crippen molar-refractivity contribution in [2.75, 3.05) is 0 Å². The molecule has 0 atom stereocenters. The van der Waals surface area contributed by atoms with Crippen LogP contribution in [0, 0.1) is 13.8 Å². The Kier molecular flexibility index (Phi) is 4.02. The Labute approximate surface area is 149 Å². The molecule has 0 saturated carbocycles. The van der Waals surface area contributed by atoms with Crippen LogP contribution in [0.2, 0.25) is 0 Å². The number of phenolic OH excluding ortho intramolecular Hbond substituents is 2. The first kappa shape index (κ1) is 17.6. The third kappa shape index (κ3) is 3.15. The van der Waals surface area contributed by atoms with Crippen LogP contribution in [-0.2, 0) is 4.74 Å². The van der Waals surface area contributed by atoms with E-state index in [4.69, 9.17) is 14.2 Å². The average molecular weight is 358 g/mol. The molecule has 0 spiro atoms. The summed E-state index contributed by atoms with van der Waals surface area (Å²) in [4.78, 5) is 24.8. The summed E-state index contributed by atoms with van der Waals surface area (Å²) in [6.45, 7) is 6.57. The van der Waals surface area contributed by atoms with Gasteiger partial charge in [-0.15, -0.1) is 0 Å². The Morgan fingerprint density at radius 1 is 1.00 bits per heavy atom. The van der Waals surface area contributed by atoms with Crippen molar-refractivity contribution < 1.29 is 34.0 Å². The van der Waals surface area contributed by atoms with Crippen molar-refractivity contribution in [3.63, 3.8) is 0 Å². The monoisotopic (exact) mass is 358 g/mol. The van der Waals surface area contributed by atoms with Gasteiger partial charge in [0.1, 0.15) is 34.1 Å². The normalized spacial score (nSPS) is 14.8. The molecule has 1 heterocycles. The molecular formula is C19H18O7. The van der Waals surface area contributed by atoms with Crippen LogP contribution >= 0.6 is 0 Å². The van der Waals surface area contributed by atoms with Gasteiger partial charge in [-0.3, -0.25) is 0 Å². The fourth-order valence-electron chi connectivity index (χ4n) is 2.75. The summed E-state index contributed by atoms with van der Waals surface area (Å²) in [5, 5.41) is 19.9. The molecule has 1 aliphatic heterocycles. The molecule has 0 amide bonds. The van der Waals surface area contributed by atoms with Crippen molar-refractivity contribution in [2.24, 2.45) is 0 Å². The molecular weight excluding hydrogens is 340 g/mol. The minimum absolute atomic E-state index is 0.0330. The molecule has 2 aromatic carbocycles. The van der Waals surface area contributed by atoms with E-state index < -0.39 is 34.8 Å². The van der Waals surface area contributed by atoms with E-state index in [-0.39, 0.29) is 17.1 Å². The van der Waals surface area contributed by atoms with Crippen LogP contribution in [0.25, 0.3) is 0 Å². The number of rotatable bonds is 2. The van der Waals surface area contributed by atoms with Crippen LogP contribution in [0.4, 0.5) is 0 Å². The zero-order chi connectivity index (χ0) is 19.2. The predicted molar refractivity (Wildman–Crippen MR) is 90.8 cm³/mol. The summed E-state index contributed by atoms with van der Waals surface area (Å²) < 4.78 is 16.1. The third-order valence-corrected chi connectivity index (χ3v) is 3.76. The lowest BCUT2D eigenvalue weighted by molar-refractivity contribution is -0.127. The van der Waals surface area contributed by atoms with E-state index in [0.29, 0.717) is 11.1 Å². The summed E-state index contributed by atoms with van der Waals surface area (Å²) in [7, 11) is 0. The van der Waals surface area contributed by atoms with Crippen molar-refractivity contribution in [3.8, 4) is 23.0 Å². The van der Waals surface area contributed by atoms with Gasteiger partial charge < -0.3 is 24.4 Å². The number of hydrogen-bond acceptors (Lipinski definition) is 7. The number of ether oxygens (including phenoxy) is 3. The van der Waals surface area contributed by atoms with Gasteiger partial charge in [-0.1, -0.05) is 0 Å². The Morgan fingerprint density at radius 3 is 2.19 bits per heavy atom. The topological polar surface area (TPSA) is 102 Å². The van der Waals surface area contributed by atoms with E-state index in [2.05, 4.69) is 0 Å². The van der Waals surface area contributed by atoms with Gasteiger partial charge >= 0.3 is 11.9 Å². The number of esters is 2. The number of aromatic hydroxyl groups is 2. The minimum Gasteiger partial charge on any atom is -0.507 e. The lowest BCUT2D eigenvalue weighted by atomic mass is 10.1. The predicted octanol–water partition coefficient (Wildman–Crippen LogP) is 3.22. The number of hydrogen-bond donors (Lipinski definition) is 2. The van der Waals surface area contributed by atoms with Gasteiger partial charge in [-0.05, 0) is 49.2 Å². The Morgan fingerprint density at radius 2 is 1.58 bits per heavy atom. The quantitative estimate of drug-likeness (QED) is 0.628. The number of fused-ring (bicyclic) bond motifs is 1. The summed E-state index contributed by atoms with van der Waals surface area (Å²) in [5.74, 6) is -3.55. The maximum atomic E-state index is 12.5. The van der Waals surface area contributed by atoms with E-state index in [9.17, 15) is 19.8 Å². The Hall–Kier alpha value is -3.22. The third-order valence-electron chi connectivity index (χ3n) is 3.76. The highest BCUT2D eigenvalue weighted by atomic mass is 16.7. The number of phenols is 2. The van der Waals surface area contributed by atoms with Crippen molar-refractivity contribution in [1.82, 2.24) is 0 Å². The Bertz CT molecular complexity index is 905. The molecule has 1 aliphatic rings. The Balaban J connectivity index is 2.03. The van der Waals surface area contributed by atoms with E-state index in [1.165, 1.54) is 18.2 Å². The zero-order valence-electron chi connectivity index (χ0n) is 14.7. The van der Waals surface area contributed by atoms with Crippen LogP contribution in [-0.4, -0.2) is 27.9 Å². The first-order valence-electron chi connectivity index (χ1n) is 7.89. The SMILES string of the molecule is Cc1cc(O)c(C(=O)Oc2cc(C)cc3c2C(=O)OC(C)(C)O3)c(O)c1. The second-order valence-corrected chi connectivity index (χ2v) is 6.60. The molecule has 3 rings (SSSR count). The zero-order valence-corrected chi connectivity index (χ0v) is 14.7. The summed E-state index contributed by atoms with van der Waals surface area (Å²) in [6.07, 6.45) is 0. The van der Waals surface area contributed by atoms with Crippen molar-refractivity contribution in [2.45, 2.75) is 33.5 Å². The van der Waals surface area contributed by atoms with E-state index in [0.717, 1.165) is 0 Å². The smallest absolute Gasteiger partial charge is 0.351 e. The molecule has 0 aromatic heterocycles. The average Bonchev–Trinajstić information content (AvgIpc) is 2.42. The molecule has 0 fully saturated rings. The number of benzene rings is 2. The van der Waals surface area contributed by atoms with Gasteiger partial charge in [-0.25, -0.2) is 9.59 Å². The second kappa shape index (κ2) is 5.94. The number of cyclic esters (lactones) is 1. The fraction of sp³-hybridized carbons (Fsp3) is 0.263. The number of aryl methyl sites for hydroxylation is 2. The van der Waals surface area contributed by atoms with Crippen LogP contribution in [0.5, 0.6) is 23.0 Å². The maximum Gasteiger partial charge on any atom is 0.351 e. The lowest BCUT2D eigenvalue weighted by Crippen LogP contribution is -2.39. The van der Waals surface area contributed by atoms with Crippen molar-refractivity contribution >= 4 is 11.9 Å². The second-order valence-electron chi connectivity index (χ2n) is 6.60. The largest absolute Gasteiger partial charge is 0.507 e. The molecule has 0 radical (unpaired) electrons. The minimum atomic E-state index is -1.15. The molecule has 7 nitrogen and oxygen atoms in total. The molecule has 0 aliphatic carbocycles. The first-order chi connectivity index (χ1) is 12.1. The van der Waals surface area contributed by atoms with Gasteiger partial charge in [0.25, 0.3) is 0 Å². The van der Waals surface area contributed by atoms with Crippen LogP contribution in [0.3, 0.4) is 0 Å². The molecule has 2 N–H and O–H groups in total. The molecule has 7 heteroatoms. The van der Waals surface area contributed by atoms with E-state index in [1.54, 1.807) is 33.8 Å². The van der Waals surface area contributed by atoms with Crippen molar-refractivity contribution in [1.29, 1.82) is 0 Å². The standard InChI is InChI=1S/C19H18O7/c1-9-5-11(20)15(12(21)6-9)17(22)24-13-7-10(2)8-14-16(13)18(23)26-19(3,4)25-14/h5-8,20-21H,1-4H3. The van der Waals surface area contributed by atoms with Crippen LogP contribution in [0.15, 0.2) is 24.3 Å². The van der Waals surface area contributed by atoms with Gasteiger partial charge in [0, 0.05) is 13.8 Å². The van der Waals surface area contributed by atoms with Crippen LogP contribution < -0.4 is 9.47 Å². The summed E-state index contributed by atoms with van der Waals surface area (Å²) >= 11 is 0. The van der Waals surface area contributed by atoms with E-state index in [1.807, 2.05) is 0 Å². The van der Waals surface area contributed by atoms with Gasteiger partial charge in [0.2, 0.25) is 5.79 Å². The van der Waals surface area contributed by atoms with Gasteiger partial charge in [0.15, 0.2) is 0 Å².